The van der Waals surface area contributed by atoms with Gasteiger partial charge in [-0.05, 0) is 81.5 Å². The average molecular weight is 481 g/mol. The molecule has 1 aliphatic heterocycles. The molecule has 0 atom stereocenters. The highest BCUT2D eigenvalue weighted by Crippen LogP contribution is 2.23. The Hall–Kier alpha value is -2.16. The molecule has 0 radical (unpaired) electrons. The van der Waals surface area contributed by atoms with Crippen LogP contribution >= 0.6 is 0 Å². The first-order chi connectivity index (χ1) is 16.1. The summed E-state index contributed by atoms with van der Waals surface area (Å²) in [5, 5.41) is 0. The van der Waals surface area contributed by atoms with Crippen LogP contribution in [0.15, 0.2) is 30.3 Å². The lowest BCUT2D eigenvalue weighted by atomic mass is 9.92. The number of benzene rings is 1. The van der Waals surface area contributed by atoms with Crippen LogP contribution in [0, 0.1) is 39.0 Å². The van der Waals surface area contributed by atoms with Crippen molar-refractivity contribution in [2.75, 3.05) is 13.1 Å². The van der Waals surface area contributed by atoms with E-state index >= 15 is 0 Å². The maximum atomic E-state index is 11.9. The molecule has 1 aromatic heterocycles. The van der Waals surface area contributed by atoms with Gasteiger partial charge in [-0.1, -0.05) is 84.7 Å². The van der Waals surface area contributed by atoms with Crippen molar-refractivity contribution in [3.63, 3.8) is 0 Å². The first-order valence-corrected chi connectivity index (χ1v) is 13.4. The molecule has 35 heavy (non-hydrogen) atoms. The van der Waals surface area contributed by atoms with Crippen molar-refractivity contribution < 1.29 is 4.79 Å². The number of piperidine rings is 1. The molecule has 0 spiro atoms. The highest BCUT2D eigenvalue weighted by Gasteiger charge is 2.29. The van der Waals surface area contributed by atoms with Crippen LogP contribution in [-0.2, 0) is 4.79 Å². The fourth-order valence-corrected chi connectivity index (χ4v) is 4.23. The van der Waals surface area contributed by atoms with E-state index in [9.17, 15) is 4.79 Å². The van der Waals surface area contributed by atoms with E-state index in [1.165, 1.54) is 35.1 Å². The lowest BCUT2D eigenvalue weighted by molar-refractivity contribution is -0.140. The van der Waals surface area contributed by atoms with Gasteiger partial charge in [-0.3, -0.25) is 9.78 Å². The summed E-state index contributed by atoms with van der Waals surface area (Å²) in [6.45, 7) is 27.4. The zero-order chi connectivity index (χ0) is 26.9. The summed E-state index contributed by atoms with van der Waals surface area (Å²) in [6.07, 6.45) is 2.34. The molecule has 196 valence electrons. The molecule has 3 heteroatoms. The minimum Gasteiger partial charge on any atom is -0.342 e. The summed E-state index contributed by atoms with van der Waals surface area (Å²) in [7, 11) is 0. The number of hydrogen-bond acceptors (Lipinski definition) is 2. The summed E-state index contributed by atoms with van der Waals surface area (Å²) >= 11 is 0. The predicted octanol–water partition coefficient (Wildman–Crippen LogP) is 8.54. The molecule has 0 N–H and O–H groups in total. The Labute approximate surface area is 216 Å². The van der Waals surface area contributed by atoms with E-state index in [1.54, 1.807) is 0 Å². The van der Waals surface area contributed by atoms with Gasteiger partial charge < -0.3 is 4.90 Å². The molecular weight excluding hydrogens is 428 g/mol. The van der Waals surface area contributed by atoms with Crippen molar-refractivity contribution in [2.24, 2.45) is 11.3 Å². The number of hydrogen-bond donors (Lipinski definition) is 0. The van der Waals surface area contributed by atoms with Gasteiger partial charge in [-0.15, -0.1) is 0 Å². The molecule has 2 heterocycles. The van der Waals surface area contributed by atoms with Crippen molar-refractivity contribution in [2.45, 2.75) is 108 Å². The van der Waals surface area contributed by atoms with E-state index in [2.05, 4.69) is 83.8 Å². The minimum atomic E-state index is -0.208. The number of carbonyl (C=O) groups excluding carboxylic acids is 1. The van der Waals surface area contributed by atoms with Crippen LogP contribution in [0.5, 0.6) is 0 Å². The number of aromatic nitrogens is 1. The molecule has 1 fully saturated rings. The first-order valence-electron chi connectivity index (χ1n) is 13.4. The maximum Gasteiger partial charge on any atom is 0.227 e. The molecule has 0 saturated carbocycles. The third kappa shape index (κ3) is 11.4. The summed E-state index contributed by atoms with van der Waals surface area (Å²) in [5.74, 6) is 2.35. The monoisotopic (exact) mass is 480 g/mol. The molecule has 2 aromatic rings. The van der Waals surface area contributed by atoms with Gasteiger partial charge >= 0.3 is 0 Å². The van der Waals surface area contributed by atoms with Crippen LogP contribution < -0.4 is 0 Å². The molecule has 1 saturated heterocycles. The number of carbonyl (C=O) groups is 1. The highest BCUT2D eigenvalue weighted by atomic mass is 16.2. The lowest BCUT2D eigenvalue weighted by Crippen LogP contribution is -2.43. The van der Waals surface area contributed by atoms with Crippen molar-refractivity contribution in [1.29, 1.82) is 0 Å². The Bertz CT molecular complexity index is 833. The van der Waals surface area contributed by atoms with Crippen molar-refractivity contribution in [3.8, 4) is 0 Å². The molecule has 1 amide bonds. The predicted molar refractivity (Wildman–Crippen MR) is 152 cm³/mol. The van der Waals surface area contributed by atoms with Gasteiger partial charge in [0, 0.05) is 29.9 Å². The van der Waals surface area contributed by atoms with Crippen LogP contribution in [0.3, 0.4) is 0 Å². The van der Waals surface area contributed by atoms with Gasteiger partial charge in [-0.2, -0.15) is 0 Å². The number of pyridine rings is 1. The van der Waals surface area contributed by atoms with E-state index in [0.29, 0.717) is 17.7 Å². The second-order valence-corrected chi connectivity index (χ2v) is 12.1. The Morgan fingerprint density at radius 1 is 0.800 bits per heavy atom. The third-order valence-electron chi connectivity index (χ3n) is 6.39. The summed E-state index contributed by atoms with van der Waals surface area (Å²) in [6, 6.07) is 11.0. The topological polar surface area (TPSA) is 33.2 Å². The average Bonchev–Trinajstić information content (AvgIpc) is 2.72. The molecule has 0 unspecified atom stereocenters. The zero-order valence-corrected chi connectivity index (χ0v) is 24.7. The quantitative estimate of drug-likeness (QED) is 0.431. The van der Waals surface area contributed by atoms with E-state index in [1.807, 2.05) is 39.5 Å². The maximum absolute atomic E-state index is 11.9. The Kier molecular flexibility index (Phi) is 12.2. The number of rotatable bonds is 2. The van der Waals surface area contributed by atoms with Gasteiger partial charge in [0.2, 0.25) is 5.91 Å². The van der Waals surface area contributed by atoms with Crippen LogP contribution in [0.2, 0.25) is 0 Å². The molecular formula is C32H52N2O. The summed E-state index contributed by atoms with van der Waals surface area (Å²) in [5.41, 5.74) is 7.60. The fraction of sp³-hybridized carbons (Fsp3) is 0.625. The van der Waals surface area contributed by atoms with Gasteiger partial charge in [0.25, 0.3) is 0 Å². The molecule has 0 bridgehead atoms. The third-order valence-corrected chi connectivity index (χ3v) is 6.39. The Morgan fingerprint density at radius 3 is 1.57 bits per heavy atom. The van der Waals surface area contributed by atoms with Crippen LogP contribution in [-0.4, -0.2) is 28.9 Å². The molecule has 1 aromatic carbocycles. The van der Waals surface area contributed by atoms with E-state index < -0.39 is 0 Å². The van der Waals surface area contributed by atoms with Crippen molar-refractivity contribution in [1.82, 2.24) is 9.88 Å². The number of nitrogens with zero attached hydrogens (tertiary/aromatic N) is 2. The SMILES string of the molecule is CC1CCN(C(=O)C(C)(C)C)CC1.Cc1cc(C(C)C)cc(C)n1.Cc1cc(C)cc(C(C)C)c1. The van der Waals surface area contributed by atoms with Gasteiger partial charge in [0.15, 0.2) is 0 Å². The normalized spacial score (nSPS) is 14.3. The van der Waals surface area contributed by atoms with E-state index in [4.69, 9.17) is 0 Å². The second-order valence-electron chi connectivity index (χ2n) is 12.1. The zero-order valence-electron chi connectivity index (χ0n) is 24.7. The van der Waals surface area contributed by atoms with Gasteiger partial charge in [0.05, 0.1) is 0 Å². The fourth-order valence-electron chi connectivity index (χ4n) is 4.23. The number of amides is 1. The largest absolute Gasteiger partial charge is 0.342 e. The molecule has 0 aliphatic carbocycles. The second kappa shape index (κ2) is 13.8. The van der Waals surface area contributed by atoms with Crippen LogP contribution in [0.25, 0.3) is 0 Å². The lowest BCUT2D eigenvalue weighted by Gasteiger charge is -2.34. The first kappa shape index (κ1) is 30.9. The Balaban J connectivity index is 0.000000264. The summed E-state index contributed by atoms with van der Waals surface area (Å²) in [4.78, 5) is 18.2. The number of likely N-dealkylation sites (tertiary alicyclic amines) is 1. The van der Waals surface area contributed by atoms with Gasteiger partial charge in [-0.25, -0.2) is 0 Å². The van der Waals surface area contributed by atoms with E-state index in [-0.39, 0.29) is 5.41 Å². The smallest absolute Gasteiger partial charge is 0.227 e. The molecule has 3 nitrogen and oxygen atoms in total. The van der Waals surface area contributed by atoms with E-state index in [0.717, 1.165) is 30.4 Å². The van der Waals surface area contributed by atoms with Gasteiger partial charge in [0.1, 0.15) is 0 Å². The van der Waals surface area contributed by atoms with Crippen LogP contribution in [0.1, 0.15) is 114 Å². The van der Waals surface area contributed by atoms with Crippen molar-refractivity contribution in [3.05, 3.63) is 64.0 Å². The number of aryl methyl sites for hydroxylation is 4. The highest BCUT2D eigenvalue weighted by molar-refractivity contribution is 5.81. The standard InChI is InChI=1S/C11H21NO.C11H16.C10H15N/c1-9-5-7-12(8-6-9)10(13)11(2,3)4;1-8(2)11-6-9(3)5-10(4)7-11;1-7(2)10-5-8(3)11-9(4)6-10/h9H,5-8H2,1-4H3;5-8H,1-4H3;5-7H,1-4H3. The minimum absolute atomic E-state index is 0.208. The Morgan fingerprint density at radius 2 is 1.20 bits per heavy atom. The molecule has 3 rings (SSSR count). The van der Waals surface area contributed by atoms with Crippen LogP contribution in [0.4, 0.5) is 0 Å². The summed E-state index contributed by atoms with van der Waals surface area (Å²) < 4.78 is 0. The van der Waals surface area contributed by atoms with Crippen molar-refractivity contribution >= 4 is 5.91 Å². The molecule has 1 aliphatic rings.